The summed E-state index contributed by atoms with van der Waals surface area (Å²) in [6.07, 6.45) is 0. The van der Waals surface area contributed by atoms with Gasteiger partial charge in [0.2, 0.25) is 5.89 Å². The fourth-order valence-corrected chi connectivity index (χ4v) is 3.05. The summed E-state index contributed by atoms with van der Waals surface area (Å²) in [5.41, 5.74) is 9.73. The molecule has 0 unspecified atom stereocenters. The van der Waals surface area contributed by atoms with E-state index in [1.165, 1.54) is 16.8 Å². The minimum Gasteiger partial charge on any atom is -0.441 e. The van der Waals surface area contributed by atoms with E-state index in [9.17, 15) is 9.18 Å². The number of carbonyl (C=O) groups is 1. The first-order valence-electron chi connectivity index (χ1n) is 9.61. The number of amides is 1. The number of anilines is 2. The van der Waals surface area contributed by atoms with Crippen LogP contribution in [0, 0.1) is 26.6 Å². The third kappa shape index (κ3) is 4.16. The maximum absolute atomic E-state index is 13.5. The zero-order valence-electron chi connectivity index (χ0n) is 17.3. The monoisotopic (exact) mass is 420 g/mol. The van der Waals surface area contributed by atoms with E-state index < -0.39 is 11.7 Å². The molecular formula is C22H21FN6O2. The molecule has 0 atom stereocenters. The van der Waals surface area contributed by atoms with Gasteiger partial charge >= 0.3 is 0 Å². The lowest BCUT2D eigenvalue weighted by Crippen LogP contribution is -2.16. The van der Waals surface area contributed by atoms with Crippen LogP contribution in [0.4, 0.5) is 15.9 Å². The number of nitrogens with zero attached hydrogens (tertiary/aromatic N) is 4. The minimum absolute atomic E-state index is 0.0523. The van der Waals surface area contributed by atoms with Crippen molar-refractivity contribution in [3.05, 3.63) is 76.6 Å². The number of halogens is 1. The Morgan fingerprint density at radius 3 is 2.65 bits per heavy atom. The quantitative estimate of drug-likeness (QED) is 0.507. The molecular weight excluding hydrogens is 399 g/mol. The third-order valence-corrected chi connectivity index (χ3v) is 4.93. The lowest BCUT2D eigenvalue weighted by molar-refractivity contribution is 0.102. The number of hydrogen-bond acceptors (Lipinski definition) is 6. The molecule has 0 radical (unpaired) electrons. The third-order valence-electron chi connectivity index (χ3n) is 4.93. The Balaban J connectivity index is 1.54. The van der Waals surface area contributed by atoms with E-state index >= 15 is 0 Å². The summed E-state index contributed by atoms with van der Waals surface area (Å²) in [5, 5.41) is 10.5. The Bertz CT molecular complexity index is 1260. The van der Waals surface area contributed by atoms with Crippen LogP contribution in [0.15, 0.2) is 46.9 Å². The summed E-state index contributed by atoms with van der Waals surface area (Å²) < 4.78 is 20.6. The van der Waals surface area contributed by atoms with Crippen molar-refractivity contribution in [2.75, 3.05) is 11.1 Å². The smallest absolute Gasteiger partial charge is 0.280 e. The average molecular weight is 420 g/mol. The van der Waals surface area contributed by atoms with Crippen LogP contribution in [-0.4, -0.2) is 25.9 Å². The van der Waals surface area contributed by atoms with Crippen molar-refractivity contribution >= 4 is 17.4 Å². The van der Waals surface area contributed by atoms with Crippen LogP contribution in [0.25, 0.3) is 11.5 Å². The summed E-state index contributed by atoms with van der Waals surface area (Å²) in [7, 11) is 0. The first-order valence-corrected chi connectivity index (χ1v) is 9.61. The largest absolute Gasteiger partial charge is 0.441 e. The fourth-order valence-electron chi connectivity index (χ4n) is 3.05. The molecule has 8 nitrogen and oxygen atoms in total. The highest BCUT2D eigenvalue weighted by molar-refractivity contribution is 6.06. The normalized spacial score (nSPS) is 11.0. The molecule has 0 aliphatic heterocycles. The first-order chi connectivity index (χ1) is 14.8. The summed E-state index contributed by atoms with van der Waals surface area (Å²) in [6.45, 7) is 5.75. The van der Waals surface area contributed by atoms with Crippen LogP contribution < -0.4 is 11.1 Å². The molecule has 0 aliphatic rings. The van der Waals surface area contributed by atoms with Crippen LogP contribution in [0.2, 0.25) is 0 Å². The molecule has 31 heavy (non-hydrogen) atoms. The van der Waals surface area contributed by atoms with Gasteiger partial charge < -0.3 is 15.5 Å². The minimum atomic E-state index is -0.574. The van der Waals surface area contributed by atoms with Crippen LogP contribution >= 0.6 is 0 Å². The Kier molecular flexibility index (Phi) is 5.24. The molecule has 1 amide bonds. The van der Waals surface area contributed by atoms with Crippen molar-refractivity contribution < 1.29 is 13.6 Å². The highest BCUT2D eigenvalue weighted by Gasteiger charge is 2.20. The van der Waals surface area contributed by atoms with E-state index in [1.54, 1.807) is 19.9 Å². The maximum atomic E-state index is 13.5. The molecule has 2 aromatic carbocycles. The van der Waals surface area contributed by atoms with Crippen LogP contribution in [0.5, 0.6) is 0 Å². The maximum Gasteiger partial charge on any atom is 0.280 e. The molecule has 0 bridgehead atoms. The molecule has 0 saturated carbocycles. The van der Waals surface area contributed by atoms with E-state index in [2.05, 4.69) is 20.6 Å². The number of nitrogens with two attached hydrogens (primary N) is 1. The van der Waals surface area contributed by atoms with Crippen LogP contribution in [0.1, 0.15) is 33.1 Å². The van der Waals surface area contributed by atoms with E-state index in [4.69, 9.17) is 10.2 Å². The number of rotatable bonds is 5. The van der Waals surface area contributed by atoms with Gasteiger partial charge in [-0.05, 0) is 50.6 Å². The SMILES string of the molecule is Cc1ccc(-c2nc(Cn3nnc(C(=O)Nc4cc(F)ccc4C)c3N)c(C)o2)cc1. The van der Waals surface area contributed by atoms with Gasteiger partial charge in [-0.1, -0.05) is 29.0 Å². The number of benzene rings is 2. The van der Waals surface area contributed by atoms with E-state index in [-0.39, 0.29) is 18.1 Å². The summed E-state index contributed by atoms with van der Waals surface area (Å²) in [5.74, 6) is 0.154. The van der Waals surface area contributed by atoms with Gasteiger partial charge in [0.25, 0.3) is 5.91 Å². The van der Waals surface area contributed by atoms with Gasteiger partial charge in [-0.2, -0.15) is 0 Å². The van der Waals surface area contributed by atoms with Crippen molar-refractivity contribution in [3.8, 4) is 11.5 Å². The number of nitrogens with one attached hydrogen (secondary N) is 1. The summed E-state index contributed by atoms with van der Waals surface area (Å²) >= 11 is 0. The topological polar surface area (TPSA) is 112 Å². The van der Waals surface area contributed by atoms with Crippen LogP contribution in [-0.2, 0) is 6.54 Å². The van der Waals surface area contributed by atoms with E-state index in [0.717, 1.165) is 11.1 Å². The van der Waals surface area contributed by atoms with Gasteiger partial charge in [-0.3, -0.25) is 4.79 Å². The van der Waals surface area contributed by atoms with Crippen molar-refractivity contribution in [1.29, 1.82) is 0 Å². The molecule has 158 valence electrons. The molecule has 4 aromatic rings. The molecule has 3 N–H and O–H groups in total. The fraction of sp³-hybridized carbons (Fsp3) is 0.182. The van der Waals surface area contributed by atoms with Crippen LogP contribution in [0.3, 0.4) is 0 Å². The predicted molar refractivity (Wildman–Crippen MR) is 114 cm³/mol. The Hall–Kier alpha value is -4.01. The number of oxazole rings is 1. The second-order valence-electron chi connectivity index (χ2n) is 7.28. The number of hydrogen-bond donors (Lipinski definition) is 2. The molecule has 0 fully saturated rings. The lowest BCUT2D eigenvalue weighted by Gasteiger charge is -2.07. The number of aromatic nitrogens is 4. The van der Waals surface area contributed by atoms with Gasteiger partial charge in [-0.15, -0.1) is 5.10 Å². The Morgan fingerprint density at radius 1 is 1.16 bits per heavy atom. The summed E-state index contributed by atoms with van der Waals surface area (Å²) in [4.78, 5) is 17.1. The second kappa shape index (κ2) is 8.02. The van der Waals surface area contributed by atoms with Gasteiger partial charge in [0.1, 0.15) is 17.3 Å². The Morgan fingerprint density at radius 2 is 1.90 bits per heavy atom. The molecule has 0 saturated heterocycles. The Labute approximate surface area is 177 Å². The predicted octanol–water partition coefficient (Wildman–Crippen LogP) is 3.88. The molecule has 2 heterocycles. The number of aryl methyl sites for hydroxylation is 3. The highest BCUT2D eigenvalue weighted by Crippen LogP contribution is 2.24. The van der Waals surface area contributed by atoms with E-state index in [1.807, 2.05) is 31.2 Å². The second-order valence-corrected chi connectivity index (χ2v) is 7.28. The van der Waals surface area contributed by atoms with E-state index in [0.29, 0.717) is 28.6 Å². The first kappa shape index (κ1) is 20.3. The van der Waals surface area contributed by atoms with Crippen molar-refractivity contribution in [3.63, 3.8) is 0 Å². The van der Waals surface area contributed by atoms with Gasteiger partial charge in [-0.25, -0.2) is 14.1 Å². The zero-order valence-corrected chi connectivity index (χ0v) is 17.3. The highest BCUT2D eigenvalue weighted by atomic mass is 19.1. The number of nitrogen functional groups attached to an aromatic ring is 1. The standard InChI is InChI=1S/C22H21FN6O2/c1-12-4-7-15(8-5-12)22-26-18(14(3)31-22)11-29-20(24)19(27-28-29)21(30)25-17-10-16(23)9-6-13(17)2/h4-10H,11,24H2,1-3H3,(H,25,30). The molecule has 2 aromatic heterocycles. The van der Waals surface area contributed by atoms with Gasteiger partial charge in [0.05, 0.1) is 6.54 Å². The van der Waals surface area contributed by atoms with Gasteiger partial charge in [0.15, 0.2) is 11.5 Å². The lowest BCUT2D eigenvalue weighted by atomic mass is 10.1. The zero-order chi connectivity index (χ0) is 22.1. The molecule has 4 rings (SSSR count). The molecule has 9 heteroatoms. The molecule has 0 spiro atoms. The summed E-state index contributed by atoms with van der Waals surface area (Å²) in [6, 6.07) is 12.0. The molecule has 0 aliphatic carbocycles. The van der Waals surface area contributed by atoms with Gasteiger partial charge in [0, 0.05) is 11.3 Å². The average Bonchev–Trinajstić information content (AvgIpc) is 3.28. The number of carbonyl (C=O) groups excluding carboxylic acids is 1. The van der Waals surface area contributed by atoms with Crippen molar-refractivity contribution in [2.24, 2.45) is 0 Å². The van der Waals surface area contributed by atoms with Crippen molar-refractivity contribution in [1.82, 2.24) is 20.0 Å². The van der Waals surface area contributed by atoms with Crippen molar-refractivity contribution in [2.45, 2.75) is 27.3 Å².